The van der Waals surface area contributed by atoms with Gasteiger partial charge in [-0.3, -0.25) is 4.98 Å². The standard InChI is InChI=1S/C17H19NO2/c1-20-17(13-6-3-2-4-7-13)16(19)14-10-9-12-8-5-11-18-15(12)14/h2-8,11,14,16-17,19H,9-10H2,1H3. The van der Waals surface area contributed by atoms with E-state index in [1.165, 1.54) is 5.56 Å². The summed E-state index contributed by atoms with van der Waals surface area (Å²) >= 11 is 0. The second kappa shape index (κ2) is 5.73. The van der Waals surface area contributed by atoms with E-state index in [-0.39, 0.29) is 12.0 Å². The molecule has 1 aliphatic rings. The fraction of sp³-hybridized carbons (Fsp3) is 0.353. The molecule has 104 valence electrons. The molecule has 0 fully saturated rings. The summed E-state index contributed by atoms with van der Waals surface area (Å²) in [6.07, 6.45) is 2.83. The summed E-state index contributed by atoms with van der Waals surface area (Å²) < 4.78 is 5.55. The molecule has 1 N–H and O–H groups in total. The van der Waals surface area contributed by atoms with Crippen LogP contribution in [0.25, 0.3) is 0 Å². The van der Waals surface area contributed by atoms with Gasteiger partial charge in [-0.25, -0.2) is 0 Å². The Bertz CT molecular complexity index is 568. The number of aryl methyl sites for hydroxylation is 1. The molecule has 3 rings (SSSR count). The second-order valence-electron chi connectivity index (χ2n) is 5.25. The van der Waals surface area contributed by atoms with Crippen LogP contribution in [-0.2, 0) is 11.2 Å². The number of pyridine rings is 1. The predicted octanol–water partition coefficient (Wildman–Crippen LogP) is 2.86. The molecule has 0 radical (unpaired) electrons. The van der Waals surface area contributed by atoms with Crippen LogP contribution in [0.4, 0.5) is 0 Å². The van der Waals surface area contributed by atoms with Crippen molar-refractivity contribution >= 4 is 0 Å². The maximum absolute atomic E-state index is 10.7. The fourth-order valence-electron chi connectivity index (χ4n) is 3.10. The van der Waals surface area contributed by atoms with Crippen LogP contribution in [0, 0.1) is 0 Å². The number of hydrogen-bond acceptors (Lipinski definition) is 3. The summed E-state index contributed by atoms with van der Waals surface area (Å²) in [5.41, 5.74) is 3.28. The van der Waals surface area contributed by atoms with E-state index in [0.717, 1.165) is 24.1 Å². The van der Waals surface area contributed by atoms with Gasteiger partial charge < -0.3 is 9.84 Å². The van der Waals surface area contributed by atoms with Crippen molar-refractivity contribution in [1.29, 1.82) is 0 Å². The minimum Gasteiger partial charge on any atom is -0.389 e. The van der Waals surface area contributed by atoms with Crippen LogP contribution in [0.5, 0.6) is 0 Å². The van der Waals surface area contributed by atoms with Crippen molar-refractivity contribution in [3.63, 3.8) is 0 Å². The van der Waals surface area contributed by atoms with Gasteiger partial charge in [0, 0.05) is 24.9 Å². The Hall–Kier alpha value is -1.71. The lowest BCUT2D eigenvalue weighted by Crippen LogP contribution is -2.27. The van der Waals surface area contributed by atoms with Crippen molar-refractivity contribution in [2.45, 2.75) is 31.0 Å². The molecule has 3 atom stereocenters. The number of aliphatic hydroxyl groups is 1. The van der Waals surface area contributed by atoms with Gasteiger partial charge in [0.05, 0.1) is 6.10 Å². The van der Waals surface area contributed by atoms with E-state index in [0.29, 0.717) is 0 Å². The minimum atomic E-state index is -0.571. The van der Waals surface area contributed by atoms with E-state index in [2.05, 4.69) is 11.1 Å². The number of rotatable bonds is 4. The number of hydrogen-bond donors (Lipinski definition) is 1. The van der Waals surface area contributed by atoms with Crippen molar-refractivity contribution in [2.24, 2.45) is 0 Å². The molecule has 0 aliphatic heterocycles. The molecule has 1 aliphatic carbocycles. The average Bonchev–Trinajstić information content (AvgIpc) is 2.93. The van der Waals surface area contributed by atoms with E-state index in [1.807, 2.05) is 36.4 Å². The lowest BCUT2D eigenvalue weighted by Gasteiger charge is -2.26. The van der Waals surface area contributed by atoms with Crippen LogP contribution in [0.2, 0.25) is 0 Å². The molecule has 0 amide bonds. The maximum Gasteiger partial charge on any atom is 0.109 e. The van der Waals surface area contributed by atoms with Gasteiger partial charge in [0.1, 0.15) is 6.10 Å². The first-order valence-electron chi connectivity index (χ1n) is 7.01. The summed E-state index contributed by atoms with van der Waals surface area (Å²) in [5.74, 6) is 0.0522. The summed E-state index contributed by atoms with van der Waals surface area (Å²) in [4.78, 5) is 4.46. The van der Waals surface area contributed by atoms with E-state index in [9.17, 15) is 5.11 Å². The van der Waals surface area contributed by atoms with Crippen LogP contribution in [0.3, 0.4) is 0 Å². The first-order chi connectivity index (χ1) is 9.81. The van der Waals surface area contributed by atoms with E-state index in [4.69, 9.17) is 4.74 Å². The molecular weight excluding hydrogens is 250 g/mol. The number of fused-ring (bicyclic) bond motifs is 1. The smallest absolute Gasteiger partial charge is 0.109 e. The van der Waals surface area contributed by atoms with E-state index >= 15 is 0 Å². The molecule has 2 aromatic rings. The highest BCUT2D eigenvalue weighted by molar-refractivity contribution is 5.31. The number of benzene rings is 1. The van der Waals surface area contributed by atoms with Crippen LogP contribution in [0.1, 0.15) is 35.3 Å². The average molecular weight is 269 g/mol. The summed E-state index contributed by atoms with van der Waals surface area (Å²) in [7, 11) is 1.65. The third kappa shape index (κ3) is 2.35. The topological polar surface area (TPSA) is 42.4 Å². The normalized spacial score (nSPS) is 20.4. The highest BCUT2D eigenvalue weighted by atomic mass is 16.5. The third-order valence-electron chi connectivity index (χ3n) is 4.11. The highest BCUT2D eigenvalue weighted by Gasteiger charge is 2.35. The zero-order valence-electron chi connectivity index (χ0n) is 11.6. The molecule has 0 saturated heterocycles. The number of ether oxygens (including phenoxy) is 1. The van der Waals surface area contributed by atoms with Crippen molar-refractivity contribution in [1.82, 2.24) is 4.98 Å². The zero-order valence-corrected chi connectivity index (χ0v) is 11.6. The molecule has 3 unspecified atom stereocenters. The molecule has 0 saturated carbocycles. The third-order valence-corrected chi connectivity index (χ3v) is 4.11. The first kappa shape index (κ1) is 13.3. The number of aromatic nitrogens is 1. The molecular formula is C17H19NO2. The lowest BCUT2D eigenvalue weighted by atomic mass is 9.91. The van der Waals surface area contributed by atoms with Crippen LogP contribution in [0.15, 0.2) is 48.7 Å². The SMILES string of the molecule is COC(c1ccccc1)C(O)C1CCc2cccnc21. The monoisotopic (exact) mass is 269 g/mol. The van der Waals surface area contributed by atoms with Gasteiger partial charge in [-0.2, -0.15) is 0 Å². The number of nitrogens with zero attached hydrogens (tertiary/aromatic N) is 1. The van der Waals surface area contributed by atoms with Gasteiger partial charge in [-0.05, 0) is 30.0 Å². The van der Waals surface area contributed by atoms with Crippen molar-refractivity contribution in [2.75, 3.05) is 7.11 Å². The van der Waals surface area contributed by atoms with Crippen LogP contribution >= 0.6 is 0 Å². The van der Waals surface area contributed by atoms with Crippen LogP contribution < -0.4 is 0 Å². The van der Waals surface area contributed by atoms with Crippen molar-refractivity contribution < 1.29 is 9.84 Å². The molecule has 20 heavy (non-hydrogen) atoms. The molecule has 1 heterocycles. The van der Waals surface area contributed by atoms with Crippen LogP contribution in [-0.4, -0.2) is 23.3 Å². The number of aliphatic hydroxyl groups excluding tert-OH is 1. The summed E-state index contributed by atoms with van der Waals surface area (Å²) in [6, 6.07) is 13.9. The van der Waals surface area contributed by atoms with E-state index in [1.54, 1.807) is 13.3 Å². The van der Waals surface area contributed by atoms with Gasteiger partial charge in [0.2, 0.25) is 0 Å². The summed E-state index contributed by atoms with van der Waals surface area (Å²) in [6.45, 7) is 0. The molecule has 1 aromatic carbocycles. The van der Waals surface area contributed by atoms with Gasteiger partial charge in [-0.1, -0.05) is 36.4 Å². The largest absolute Gasteiger partial charge is 0.389 e. The minimum absolute atomic E-state index is 0.0522. The first-order valence-corrected chi connectivity index (χ1v) is 7.01. The Labute approximate surface area is 119 Å². The van der Waals surface area contributed by atoms with Gasteiger partial charge in [0.15, 0.2) is 0 Å². The van der Waals surface area contributed by atoms with Gasteiger partial charge in [0.25, 0.3) is 0 Å². The van der Waals surface area contributed by atoms with Gasteiger partial charge in [-0.15, -0.1) is 0 Å². The van der Waals surface area contributed by atoms with Gasteiger partial charge >= 0.3 is 0 Å². The summed E-state index contributed by atoms with van der Waals surface area (Å²) in [5, 5.41) is 10.7. The molecule has 0 bridgehead atoms. The molecule has 3 nitrogen and oxygen atoms in total. The Morgan fingerprint density at radius 1 is 1.20 bits per heavy atom. The Morgan fingerprint density at radius 3 is 2.75 bits per heavy atom. The fourth-order valence-corrected chi connectivity index (χ4v) is 3.10. The van der Waals surface area contributed by atoms with E-state index < -0.39 is 6.10 Å². The second-order valence-corrected chi connectivity index (χ2v) is 5.25. The Morgan fingerprint density at radius 2 is 2.00 bits per heavy atom. The number of methoxy groups -OCH3 is 1. The quantitative estimate of drug-likeness (QED) is 0.928. The van der Waals surface area contributed by atoms with Crippen molar-refractivity contribution in [3.05, 3.63) is 65.5 Å². The Balaban J connectivity index is 1.87. The zero-order chi connectivity index (χ0) is 13.9. The lowest BCUT2D eigenvalue weighted by molar-refractivity contribution is -0.0275. The predicted molar refractivity (Wildman–Crippen MR) is 77.5 cm³/mol. The highest BCUT2D eigenvalue weighted by Crippen LogP contribution is 2.38. The van der Waals surface area contributed by atoms with Crippen molar-refractivity contribution in [3.8, 4) is 0 Å². The molecule has 0 spiro atoms. The Kier molecular flexibility index (Phi) is 3.81. The molecule has 1 aromatic heterocycles. The molecule has 3 heteroatoms. The maximum atomic E-state index is 10.7.